The van der Waals surface area contributed by atoms with Crippen LogP contribution < -0.4 is 0 Å². The van der Waals surface area contributed by atoms with Gasteiger partial charge in [0, 0.05) is 0 Å². The van der Waals surface area contributed by atoms with Crippen LogP contribution in [0, 0.1) is 0 Å². The molecule has 0 bridgehead atoms. The fraction of sp³-hybridized carbons (Fsp3) is 0. The first kappa shape index (κ1) is 69.6. The number of allylic oxidation sites excluding steroid dienone is 4. The van der Waals surface area contributed by atoms with Crippen LogP contribution in [-0.4, -0.2) is 174 Å². The molecule has 532 valence electrons. The van der Waals surface area contributed by atoms with Gasteiger partial charge in [-0.1, -0.05) is 0 Å². The van der Waals surface area contributed by atoms with Crippen LogP contribution in [0.3, 0.4) is 0 Å². The number of hydrogen-bond donors (Lipinski definition) is 0. The normalized spacial score (nSPS) is 13.4. The molecular weight excluding hydrogens is 1770 g/mol. The van der Waals surface area contributed by atoms with E-state index in [2.05, 4.69) is 39.9 Å². The molecule has 0 saturated carbocycles. The van der Waals surface area contributed by atoms with Gasteiger partial charge in [-0.25, -0.2) is 0 Å². The molecule has 0 radical (unpaired) electrons. The van der Waals surface area contributed by atoms with Crippen molar-refractivity contribution in [2.45, 2.75) is 0 Å². The summed E-state index contributed by atoms with van der Waals surface area (Å²) >= 11 is -1.55. The third-order valence-electron chi connectivity index (χ3n) is 19.3. The van der Waals surface area contributed by atoms with Gasteiger partial charge in [-0.3, -0.25) is 0 Å². The van der Waals surface area contributed by atoms with E-state index in [1.807, 2.05) is 189 Å². The van der Waals surface area contributed by atoms with E-state index in [0.717, 1.165) is 98.8 Å². The summed E-state index contributed by atoms with van der Waals surface area (Å²) in [6.45, 7) is 0. The van der Waals surface area contributed by atoms with Gasteiger partial charge < -0.3 is 0 Å². The van der Waals surface area contributed by atoms with E-state index in [4.69, 9.17) is 0 Å². The molecule has 4 aliphatic rings. The Morgan fingerprint density at radius 3 is 0.848 bits per heavy atom. The van der Waals surface area contributed by atoms with Crippen molar-refractivity contribution in [3.8, 4) is 16.5 Å². The van der Waals surface area contributed by atoms with Gasteiger partial charge in [0.15, 0.2) is 0 Å². The van der Waals surface area contributed by atoms with Crippen molar-refractivity contribution in [2.75, 3.05) is 0 Å². The van der Waals surface area contributed by atoms with Crippen LogP contribution in [0.25, 0.3) is 107 Å². The number of nitrogens with zero attached hydrogens (tertiary/aromatic N) is 12. The van der Waals surface area contributed by atoms with Crippen molar-refractivity contribution in [3.05, 3.63) is 351 Å². The molecule has 0 fully saturated rings. The summed E-state index contributed by atoms with van der Waals surface area (Å²) in [5.74, 6) is -1.47. The SMILES string of the molecule is O=C1C(=Cc2ccc(-n3ccc4nccnc43)[se]2)C(=O)c2cc3ccccc3cc21.O=C1C(=Cc2ccc(-n3ccc4nccnc43)[se]2)C(=O)c2ccccc21.O=C1C(=Cc2ccc(-n3ccc4nccnc43)[te]2)C(=O)c2cc3ccccc3cc21.O=C1C(=Cc2ccc(-n3ccc4nccnc43)[te]2)C(=O)c2ccccc21. The van der Waals surface area contributed by atoms with Crippen LogP contribution in [0.5, 0.6) is 0 Å². The van der Waals surface area contributed by atoms with Crippen LogP contribution in [0.4, 0.5) is 0 Å². The average Bonchev–Trinajstić information content (AvgIpc) is 1.61. The van der Waals surface area contributed by atoms with E-state index in [1.165, 1.54) is 0 Å². The Morgan fingerprint density at radius 1 is 0.259 bits per heavy atom. The minimum absolute atomic E-state index is 0.0220. The zero-order valence-corrected chi connectivity index (χ0v) is 66.1. The van der Waals surface area contributed by atoms with Gasteiger partial charge in [-0.15, -0.1) is 0 Å². The van der Waals surface area contributed by atoms with Gasteiger partial charge in [-0.05, 0) is 0 Å². The third-order valence-corrected chi connectivity index (χ3v) is 29.6. The average molecular weight is 1810 g/mol. The summed E-state index contributed by atoms with van der Waals surface area (Å²) < 4.78 is 16.7. The number of aromatic nitrogens is 12. The monoisotopic (exact) mass is 1820 g/mol. The summed E-state index contributed by atoms with van der Waals surface area (Å²) in [7, 11) is 0. The molecule has 0 saturated heterocycles. The van der Waals surface area contributed by atoms with Gasteiger partial charge in [0.05, 0.1) is 0 Å². The quantitative estimate of drug-likeness (QED) is 0.0778. The Bertz CT molecular complexity index is 6640. The fourth-order valence-electron chi connectivity index (χ4n) is 14.0. The van der Waals surface area contributed by atoms with Gasteiger partial charge in [0.2, 0.25) is 0 Å². The Hall–Kier alpha value is -12.8. The standard InChI is InChI=1S/C24H13N3O2Se.C24H13N3O2Te.C20H11N3O2Se.C20H11N3O2Te/c2*28-22-17-11-14-3-1-2-4-15(14)12-18(17)23(29)19(22)13-16-5-6-21(30-16)27-10-7-20-24(27)26-9-8-25-20;2*24-18-13-3-1-2-4-14(13)19(25)15(18)11-12-5-6-17(26-12)23-10-7-16-20(23)22-9-8-21-16/h2*1-13H;2*1-11H. The first-order valence-electron chi connectivity index (χ1n) is 34.8. The molecule has 20 nitrogen and oxygen atoms in total. The molecule has 0 aliphatic heterocycles. The number of Topliss-reactive ketones (excluding diaryl/α,β-unsaturated/α-hetero) is 8. The predicted molar refractivity (Wildman–Crippen MR) is 431 cm³/mol. The van der Waals surface area contributed by atoms with Crippen LogP contribution in [0.15, 0.2) is 291 Å². The van der Waals surface area contributed by atoms with Gasteiger partial charge in [0.25, 0.3) is 0 Å². The zero-order valence-electron chi connectivity index (χ0n) is 58.0. The topological polar surface area (TPSA) is 259 Å². The second-order valence-corrected chi connectivity index (χ2v) is 36.8. The van der Waals surface area contributed by atoms with Gasteiger partial charge >= 0.3 is 671 Å². The van der Waals surface area contributed by atoms with E-state index in [1.54, 1.807) is 122 Å². The summed E-state index contributed by atoms with van der Waals surface area (Å²) in [4.78, 5) is 137. The molecular formula is C88H48N12O8Se2Te2. The zero-order chi connectivity index (χ0) is 75.8. The number of rotatable bonds is 8. The van der Waals surface area contributed by atoms with Crippen LogP contribution in [0.1, 0.15) is 98.9 Å². The summed E-state index contributed by atoms with van der Waals surface area (Å²) in [5.41, 5.74) is 11.7. The Labute approximate surface area is 665 Å². The van der Waals surface area contributed by atoms with E-state index in [-0.39, 0.29) is 97.6 Å². The number of benzene rings is 6. The molecule has 12 aromatic heterocycles. The van der Waals surface area contributed by atoms with Crippen molar-refractivity contribution >= 4 is 207 Å². The summed E-state index contributed by atoms with van der Waals surface area (Å²) in [6.07, 6.45) is 28.3. The number of fused-ring (bicyclic) bond motifs is 10. The second-order valence-electron chi connectivity index (χ2n) is 26.0. The van der Waals surface area contributed by atoms with E-state index in [0.29, 0.717) is 44.5 Å². The Balaban J connectivity index is 0.000000101. The van der Waals surface area contributed by atoms with Crippen molar-refractivity contribution in [2.24, 2.45) is 0 Å². The van der Waals surface area contributed by atoms with Gasteiger partial charge in [-0.2, -0.15) is 0 Å². The van der Waals surface area contributed by atoms with Crippen LogP contribution >= 0.6 is 0 Å². The molecule has 6 aromatic carbocycles. The van der Waals surface area contributed by atoms with Crippen molar-refractivity contribution in [1.29, 1.82) is 0 Å². The maximum atomic E-state index is 13.0. The molecule has 12 heterocycles. The van der Waals surface area contributed by atoms with Gasteiger partial charge in [0.1, 0.15) is 0 Å². The predicted octanol–water partition coefficient (Wildman–Crippen LogP) is 14.1. The molecule has 24 heteroatoms. The second kappa shape index (κ2) is 28.9. The summed E-state index contributed by atoms with van der Waals surface area (Å²) in [5, 5.41) is 3.87. The van der Waals surface area contributed by atoms with Crippen LogP contribution in [-0.2, 0) is 0 Å². The number of ketones is 8. The fourth-order valence-corrected chi connectivity index (χ4v) is 23.3. The molecule has 22 rings (SSSR count). The molecule has 18 aromatic rings. The molecule has 4 aliphatic carbocycles. The molecule has 0 amide bonds. The van der Waals surface area contributed by atoms with E-state index < -0.39 is 40.9 Å². The minimum atomic E-state index is -0.757. The Morgan fingerprint density at radius 2 is 0.527 bits per heavy atom. The van der Waals surface area contributed by atoms with Crippen molar-refractivity contribution in [1.82, 2.24) is 58.1 Å². The first-order valence-corrected chi connectivity index (χ1v) is 42.9. The van der Waals surface area contributed by atoms with Crippen molar-refractivity contribution < 1.29 is 38.4 Å². The maximum absolute atomic E-state index is 13.0. The molecule has 0 atom stereocenters. The van der Waals surface area contributed by atoms with Crippen molar-refractivity contribution in [3.63, 3.8) is 0 Å². The Kier molecular flexibility index (Phi) is 18.0. The first-order chi connectivity index (χ1) is 54.8. The molecule has 0 N–H and O–H groups in total. The van der Waals surface area contributed by atoms with E-state index >= 15 is 0 Å². The number of carbonyl (C=O) groups is 8. The van der Waals surface area contributed by atoms with Crippen LogP contribution in [0.2, 0.25) is 0 Å². The molecule has 112 heavy (non-hydrogen) atoms. The molecule has 0 unspecified atom stereocenters. The summed E-state index contributed by atoms with van der Waals surface area (Å²) in [6, 6.07) is 60.7. The number of carbonyl (C=O) groups excluding carboxylic acids is 8. The number of hydrogen-bond acceptors (Lipinski definition) is 16. The molecule has 0 spiro atoms. The third kappa shape index (κ3) is 12.6. The van der Waals surface area contributed by atoms with E-state index in [9.17, 15) is 38.4 Å².